The first kappa shape index (κ1) is 25.6. The van der Waals surface area contributed by atoms with Crippen LogP contribution in [0, 0.1) is 0 Å². The molecule has 0 bridgehead atoms. The zero-order valence-corrected chi connectivity index (χ0v) is 18.9. The van der Waals surface area contributed by atoms with Crippen LogP contribution in [0.5, 0.6) is 11.5 Å². The molecule has 0 aliphatic heterocycles. The number of benzene rings is 3. The van der Waals surface area contributed by atoms with E-state index in [0.29, 0.717) is 17.7 Å². The predicted octanol–water partition coefficient (Wildman–Crippen LogP) is 6.09. The molecule has 0 heterocycles. The maximum atomic E-state index is 12.3. The molecule has 0 unspecified atom stereocenters. The molecular formula is C26H24F3NO5. The summed E-state index contributed by atoms with van der Waals surface area (Å²) in [5.74, 6) is -0.624. The van der Waals surface area contributed by atoms with Crippen molar-refractivity contribution in [3.05, 3.63) is 83.9 Å². The monoisotopic (exact) mass is 487 g/mol. The van der Waals surface area contributed by atoms with Gasteiger partial charge >= 0.3 is 12.3 Å². The third kappa shape index (κ3) is 8.37. The molecule has 35 heavy (non-hydrogen) atoms. The zero-order chi connectivity index (χ0) is 25.3. The molecule has 0 aliphatic carbocycles. The Kier molecular flexibility index (Phi) is 8.72. The molecule has 1 N–H and O–H groups in total. The smallest absolute Gasteiger partial charge is 0.490 e. The van der Waals surface area contributed by atoms with Crippen LogP contribution < -0.4 is 9.47 Å². The Labute approximate surface area is 200 Å². The SMILES string of the molecule is CC/C(=N\OCCOc1cccc(CC(=O)O)c1)c1ccc(-c2ccc(OC(F)(F)F)cc2)cc1. The Morgan fingerprint density at radius 1 is 0.914 bits per heavy atom. The molecule has 0 saturated carbocycles. The summed E-state index contributed by atoms with van der Waals surface area (Å²) in [6.45, 7) is 2.39. The lowest BCUT2D eigenvalue weighted by atomic mass is 10.0. The van der Waals surface area contributed by atoms with Crippen molar-refractivity contribution in [3.8, 4) is 22.6 Å². The van der Waals surface area contributed by atoms with Crippen molar-refractivity contribution in [2.45, 2.75) is 26.1 Å². The van der Waals surface area contributed by atoms with Crippen LogP contribution in [0.3, 0.4) is 0 Å². The summed E-state index contributed by atoms with van der Waals surface area (Å²) in [4.78, 5) is 16.2. The average molecular weight is 487 g/mol. The number of carboxylic acids is 1. The fourth-order valence-corrected chi connectivity index (χ4v) is 3.27. The highest BCUT2D eigenvalue weighted by atomic mass is 19.4. The molecule has 9 heteroatoms. The van der Waals surface area contributed by atoms with Gasteiger partial charge in [0.05, 0.1) is 12.1 Å². The van der Waals surface area contributed by atoms with Crippen molar-refractivity contribution < 1.29 is 37.4 Å². The van der Waals surface area contributed by atoms with Crippen LogP contribution in [0.25, 0.3) is 11.1 Å². The molecule has 0 saturated heterocycles. The Morgan fingerprint density at radius 2 is 1.57 bits per heavy atom. The van der Waals surface area contributed by atoms with Crippen molar-refractivity contribution in [3.63, 3.8) is 0 Å². The first-order chi connectivity index (χ1) is 16.7. The van der Waals surface area contributed by atoms with Crippen LogP contribution >= 0.6 is 0 Å². The van der Waals surface area contributed by atoms with Gasteiger partial charge in [0, 0.05) is 0 Å². The number of hydrogen-bond acceptors (Lipinski definition) is 5. The van der Waals surface area contributed by atoms with Crippen molar-refractivity contribution in [2.24, 2.45) is 5.16 Å². The number of halogens is 3. The van der Waals surface area contributed by atoms with Gasteiger partial charge < -0.3 is 19.4 Å². The minimum Gasteiger partial charge on any atom is -0.490 e. The van der Waals surface area contributed by atoms with Gasteiger partial charge in [-0.2, -0.15) is 0 Å². The van der Waals surface area contributed by atoms with Crippen molar-refractivity contribution in [2.75, 3.05) is 13.2 Å². The molecule has 0 fully saturated rings. The van der Waals surface area contributed by atoms with E-state index in [-0.39, 0.29) is 25.4 Å². The molecule has 3 aromatic rings. The normalized spacial score (nSPS) is 11.7. The number of alkyl halides is 3. The maximum absolute atomic E-state index is 12.3. The van der Waals surface area contributed by atoms with Gasteiger partial charge in [-0.15, -0.1) is 13.2 Å². The van der Waals surface area contributed by atoms with E-state index >= 15 is 0 Å². The highest BCUT2D eigenvalue weighted by Gasteiger charge is 2.30. The van der Waals surface area contributed by atoms with Gasteiger partial charge in [0.25, 0.3) is 0 Å². The molecule has 0 atom stereocenters. The highest BCUT2D eigenvalue weighted by Crippen LogP contribution is 2.27. The molecule has 0 spiro atoms. The van der Waals surface area contributed by atoms with Crippen LogP contribution in [0.15, 0.2) is 78.0 Å². The number of hydrogen-bond donors (Lipinski definition) is 1. The van der Waals surface area contributed by atoms with E-state index in [2.05, 4.69) is 9.89 Å². The van der Waals surface area contributed by atoms with Gasteiger partial charge in [-0.25, -0.2) is 0 Å². The lowest BCUT2D eigenvalue weighted by molar-refractivity contribution is -0.274. The van der Waals surface area contributed by atoms with Gasteiger partial charge in [-0.05, 0) is 52.9 Å². The second-order valence-electron chi connectivity index (χ2n) is 7.44. The molecule has 3 aromatic carbocycles. The molecule has 0 radical (unpaired) electrons. The number of rotatable bonds is 11. The van der Waals surface area contributed by atoms with Crippen molar-refractivity contribution in [1.29, 1.82) is 0 Å². The van der Waals surface area contributed by atoms with Gasteiger partial charge in [0.1, 0.15) is 18.1 Å². The second kappa shape index (κ2) is 11.9. The summed E-state index contributed by atoms with van der Waals surface area (Å²) in [6, 6.07) is 20.0. The van der Waals surface area contributed by atoms with E-state index in [0.717, 1.165) is 22.4 Å². The first-order valence-corrected chi connectivity index (χ1v) is 10.8. The highest BCUT2D eigenvalue weighted by molar-refractivity contribution is 6.00. The fraction of sp³-hybridized carbons (Fsp3) is 0.231. The van der Waals surface area contributed by atoms with E-state index in [9.17, 15) is 18.0 Å². The minimum atomic E-state index is -4.72. The maximum Gasteiger partial charge on any atom is 0.573 e. The van der Waals surface area contributed by atoms with Gasteiger partial charge in [-0.1, -0.05) is 60.6 Å². The van der Waals surface area contributed by atoms with Gasteiger partial charge in [0.2, 0.25) is 0 Å². The Bertz CT molecular complexity index is 1140. The number of oxime groups is 1. The van der Waals surface area contributed by atoms with Crippen molar-refractivity contribution in [1.82, 2.24) is 0 Å². The third-order valence-electron chi connectivity index (χ3n) is 4.85. The molecule has 0 aromatic heterocycles. The summed E-state index contributed by atoms with van der Waals surface area (Å²) in [6.07, 6.45) is -4.17. The van der Waals surface area contributed by atoms with E-state index in [1.807, 2.05) is 31.2 Å². The van der Waals surface area contributed by atoms with Gasteiger partial charge in [0.15, 0.2) is 6.61 Å². The Morgan fingerprint density at radius 3 is 2.17 bits per heavy atom. The molecule has 6 nitrogen and oxygen atoms in total. The minimum absolute atomic E-state index is 0.0750. The topological polar surface area (TPSA) is 77.4 Å². The van der Waals surface area contributed by atoms with Crippen LogP contribution in [0.4, 0.5) is 13.2 Å². The molecule has 3 rings (SSSR count). The standard InChI is InChI=1S/C26H24F3NO5/c1-2-24(30-34-15-14-33-23-5-3-4-18(16-23)17-25(31)32)21-8-6-19(7-9-21)20-10-12-22(13-11-20)35-26(27,28)29/h3-13,16H,2,14-15,17H2,1H3,(H,31,32)/b30-24+. The summed E-state index contributed by atoms with van der Waals surface area (Å²) < 4.78 is 46.4. The van der Waals surface area contributed by atoms with E-state index in [1.54, 1.807) is 36.4 Å². The largest absolute Gasteiger partial charge is 0.573 e. The summed E-state index contributed by atoms with van der Waals surface area (Å²) >= 11 is 0. The van der Waals surface area contributed by atoms with Crippen LogP contribution in [0.2, 0.25) is 0 Å². The zero-order valence-electron chi connectivity index (χ0n) is 18.9. The number of ether oxygens (including phenoxy) is 2. The average Bonchev–Trinajstić information content (AvgIpc) is 2.81. The molecule has 0 amide bonds. The Hall–Kier alpha value is -4.01. The van der Waals surface area contributed by atoms with Crippen molar-refractivity contribution >= 4 is 11.7 Å². The Balaban J connectivity index is 1.53. The van der Waals surface area contributed by atoms with E-state index in [1.165, 1.54) is 12.1 Å². The van der Waals surface area contributed by atoms with Gasteiger partial charge in [-0.3, -0.25) is 4.79 Å². The van der Waals surface area contributed by atoms with Crippen LogP contribution in [-0.2, 0) is 16.1 Å². The third-order valence-corrected chi connectivity index (χ3v) is 4.85. The number of nitrogens with zero attached hydrogens (tertiary/aromatic N) is 1. The molecule has 0 aliphatic rings. The van der Waals surface area contributed by atoms with E-state index < -0.39 is 12.3 Å². The lowest BCUT2D eigenvalue weighted by Crippen LogP contribution is -2.16. The number of carbonyl (C=O) groups is 1. The summed E-state index contributed by atoms with van der Waals surface area (Å²) in [5, 5.41) is 13.1. The number of aliphatic carboxylic acids is 1. The van der Waals surface area contributed by atoms with E-state index in [4.69, 9.17) is 14.7 Å². The quantitative estimate of drug-likeness (QED) is 0.201. The first-order valence-electron chi connectivity index (χ1n) is 10.8. The predicted molar refractivity (Wildman–Crippen MR) is 125 cm³/mol. The van der Waals surface area contributed by atoms with Crippen LogP contribution in [0.1, 0.15) is 24.5 Å². The summed E-state index contributed by atoms with van der Waals surface area (Å²) in [7, 11) is 0. The number of carboxylic acid groups (broad SMARTS) is 1. The van der Waals surface area contributed by atoms with Crippen LogP contribution in [-0.4, -0.2) is 36.4 Å². The molecular weight excluding hydrogens is 463 g/mol. The summed E-state index contributed by atoms with van der Waals surface area (Å²) in [5.41, 5.74) is 3.82. The molecule has 184 valence electrons. The second-order valence-corrected chi connectivity index (χ2v) is 7.44. The fourth-order valence-electron chi connectivity index (χ4n) is 3.27. The lowest BCUT2D eigenvalue weighted by Gasteiger charge is -2.10.